The van der Waals surface area contributed by atoms with Crippen molar-refractivity contribution < 1.29 is 19.0 Å². The summed E-state index contributed by atoms with van der Waals surface area (Å²) in [5.41, 5.74) is 1.53. The molecule has 5 nitrogen and oxygen atoms in total. The van der Waals surface area contributed by atoms with Crippen LogP contribution in [0.3, 0.4) is 0 Å². The number of benzene rings is 2. The average molecular weight is 353 g/mol. The zero-order chi connectivity index (χ0) is 18.8. The van der Waals surface area contributed by atoms with Crippen LogP contribution in [0.5, 0.6) is 17.2 Å². The molecule has 1 N–H and O–H groups in total. The van der Waals surface area contributed by atoms with Gasteiger partial charge in [-0.3, -0.25) is 4.79 Å². The molecule has 2 aromatic carbocycles. The highest BCUT2D eigenvalue weighted by atomic mass is 16.5. The largest absolute Gasteiger partial charge is 0.493 e. The van der Waals surface area contributed by atoms with E-state index < -0.39 is 0 Å². The Morgan fingerprint density at radius 3 is 2.54 bits per heavy atom. The van der Waals surface area contributed by atoms with Crippen LogP contribution < -0.4 is 19.5 Å². The van der Waals surface area contributed by atoms with Crippen molar-refractivity contribution in [2.45, 2.75) is 6.92 Å². The minimum absolute atomic E-state index is 0.233. The van der Waals surface area contributed by atoms with Crippen LogP contribution in [0, 0.1) is 0 Å². The number of ether oxygens (including phenoxy) is 3. The van der Waals surface area contributed by atoms with E-state index in [0.29, 0.717) is 30.4 Å². The van der Waals surface area contributed by atoms with Crippen molar-refractivity contribution in [3.05, 3.63) is 66.8 Å². The Morgan fingerprint density at radius 1 is 1.12 bits per heavy atom. The highest BCUT2D eigenvalue weighted by Crippen LogP contribution is 2.30. The van der Waals surface area contributed by atoms with Crippen LogP contribution in [0.4, 0.5) is 5.69 Å². The van der Waals surface area contributed by atoms with Gasteiger partial charge in [-0.05, 0) is 42.8 Å². The minimum atomic E-state index is -0.233. The van der Waals surface area contributed by atoms with Gasteiger partial charge in [-0.25, -0.2) is 0 Å². The molecule has 0 bridgehead atoms. The Kier molecular flexibility index (Phi) is 7.31. The number of nitrogens with one attached hydrogen (secondary N) is 1. The molecular weight excluding hydrogens is 330 g/mol. The van der Waals surface area contributed by atoms with E-state index in [2.05, 4.69) is 11.9 Å². The number of hydrogen-bond acceptors (Lipinski definition) is 4. The van der Waals surface area contributed by atoms with E-state index >= 15 is 0 Å². The monoisotopic (exact) mass is 353 g/mol. The third-order valence-electron chi connectivity index (χ3n) is 3.41. The second-order valence-electron chi connectivity index (χ2n) is 5.29. The molecule has 0 saturated carbocycles. The Bertz CT molecular complexity index is 766. The lowest BCUT2D eigenvalue weighted by atomic mass is 10.2. The highest BCUT2D eigenvalue weighted by molar-refractivity contribution is 6.02. The molecule has 0 aromatic heterocycles. The molecule has 0 saturated heterocycles. The molecule has 2 rings (SSSR count). The van der Waals surface area contributed by atoms with Crippen molar-refractivity contribution in [2.75, 3.05) is 25.6 Å². The van der Waals surface area contributed by atoms with Crippen molar-refractivity contribution in [2.24, 2.45) is 0 Å². The molecule has 2 aromatic rings. The van der Waals surface area contributed by atoms with E-state index in [0.717, 1.165) is 11.3 Å². The molecule has 0 unspecified atom stereocenters. The maximum atomic E-state index is 12.1. The molecule has 0 radical (unpaired) electrons. The highest BCUT2D eigenvalue weighted by Gasteiger charge is 2.06. The predicted molar refractivity (Wildman–Crippen MR) is 104 cm³/mol. The van der Waals surface area contributed by atoms with Gasteiger partial charge >= 0.3 is 0 Å². The molecule has 0 aliphatic carbocycles. The zero-order valence-electron chi connectivity index (χ0n) is 15.0. The summed E-state index contributed by atoms with van der Waals surface area (Å²) in [6.45, 7) is 6.51. The van der Waals surface area contributed by atoms with E-state index in [-0.39, 0.29) is 5.91 Å². The Labute approximate surface area is 153 Å². The van der Waals surface area contributed by atoms with Crippen molar-refractivity contribution >= 4 is 17.7 Å². The van der Waals surface area contributed by atoms with Crippen molar-refractivity contribution in [3.63, 3.8) is 0 Å². The molecular formula is C21H23NO4. The van der Waals surface area contributed by atoms with Gasteiger partial charge in [-0.15, -0.1) is 0 Å². The van der Waals surface area contributed by atoms with Gasteiger partial charge in [0.1, 0.15) is 12.4 Å². The SMILES string of the molecule is C=CCOc1ccc(/C=C/C(=O)Nc2ccc(OCC)c(OC)c2)cc1. The number of carbonyl (C=O) groups excluding carboxylic acids is 1. The predicted octanol–water partition coefficient (Wildman–Crippen LogP) is 4.31. The summed E-state index contributed by atoms with van der Waals surface area (Å²) >= 11 is 0. The summed E-state index contributed by atoms with van der Waals surface area (Å²) in [7, 11) is 1.56. The maximum Gasteiger partial charge on any atom is 0.248 e. The first-order chi connectivity index (χ1) is 12.7. The summed E-state index contributed by atoms with van der Waals surface area (Å²) in [5.74, 6) is 1.74. The van der Waals surface area contributed by atoms with E-state index in [1.807, 2.05) is 31.2 Å². The lowest BCUT2D eigenvalue weighted by Gasteiger charge is -2.11. The third-order valence-corrected chi connectivity index (χ3v) is 3.41. The van der Waals surface area contributed by atoms with Gasteiger partial charge in [0.15, 0.2) is 11.5 Å². The number of anilines is 1. The number of rotatable bonds is 9. The fraction of sp³-hybridized carbons (Fsp3) is 0.190. The van der Waals surface area contributed by atoms with E-state index in [1.165, 1.54) is 6.08 Å². The molecule has 0 spiro atoms. The van der Waals surface area contributed by atoms with Crippen LogP contribution in [-0.4, -0.2) is 26.2 Å². The van der Waals surface area contributed by atoms with E-state index in [9.17, 15) is 4.79 Å². The van der Waals surface area contributed by atoms with Gasteiger partial charge in [0.2, 0.25) is 5.91 Å². The third kappa shape index (κ3) is 5.70. The minimum Gasteiger partial charge on any atom is -0.493 e. The van der Waals surface area contributed by atoms with Gasteiger partial charge in [-0.2, -0.15) is 0 Å². The summed E-state index contributed by atoms with van der Waals surface area (Å²) in [4.78, 5) is 12.1. The first-order valence-electron chi connectivity index (χ1n) is 8.30. The normalized spacial score (nSPS) is 10.4. The van der Waals surface area contributed by atoms with Crippen LogP contribution in [-0.2, 0) is 4.79 Å². The van der Waals surface area contributed by atoms with Gasteiger partial charge in [-0.1, -0.05) is 24.8 Å². The zero-order valence-corrected chi connectivity index (χ0v) is 15.0. The number of amides is 1. The van der Waals surface area contributed by atoms with Crippen molar-refractivity contribution in [1.29, 1.82) is 0 Å². The molecule has 0 fully saturated rings. The molecule has 1 amide bonds. The molecule has 5 heteroatoms. The number of methoxy groups -OCH3 is 1. The number of hydrogen-bond donors (Lipinski definition) is 1. The molecule has 0 heterocycles. The summed E-state index contributed by atoms with van der Waals surface area (Å²) in [6, 6.07) is 12.7. The average Bonchev–Trinajstić information content (AvgIpc) is 2.67. The topological polar surface area (TPSA) is 56.8 Å². The van der Waals surface area contributed by atoms with Crippen molar-refractivity contribution in [3.8, 4) is 17.2 Å². The first kappa shape index (κ1) is 19.1. The Balaban J connectivity index is 1.97. The van der Waals surface area contributed by atoms with Crippen LogP contribution in [0.25, 0.3) is 6.08 Å². The van der Waals surface area contributed by atoms with Crippen molar-refractivity contribution in [1.82, 2.24) is 0 Å². The second kappa shape index (κ2) is 9.93. The second-order valence-corrected chi connectivity index (χ2v) is 5.29. The fourth-order valence-electron chi connectivity index (χ4n) is 2.21. The van der Waals surface area contributed by atoms with Gasteiger partial charge in [0, 0.05) is 17.8 Å². The molecule has 0 atom stereocenters. The van der Waals surface area contributed by atoms with Gasteiger partial charge in [0.05, 0.1) is 13.7 Å². The Morgan fingerprint density at radius 2 is 1.88 bits per heavy atom. The molecule has 26 heavy (non-hydrogen) atoms. The summed E-state index contributed by atoms with van der Waals surface area (Å²) in [6.07, 6.45) is 4.90. The molecule has 136 valence electrons. The van der Waals surface area contributed by atoms with E-state index in [4.69, 9.17) is 14.2 Å². The van der Waals surface area contributed by atoms with Gasteiger partial charge < -0.3 is 19.5 Å². The quantitative estimate of drug-likeness (QED) is 0.539. The Hall–Kier alpha value is -3.21. The maximum absolute atomic E-state index is 12.1. The summed E-state index contributed by atoms with van der Waals surface area (Å²) < 4.78 is 16.2. The lowest BCUT2D eigenvalue weighted by Crippen LogP contribution is -2.08. The van der Waals surface area contributed by atoms with E-state index in [1.54, 1.807) is 37.5 Å². The first-order valence-corrected chi connectivity index (χ1v) is 8.30. The van der Waals surface area contributed by atoms with Crippen LogP contribution in [0.15, 0.2) is 61.2 Å². The molecule has 0 aliphatic heterocycles. The fourth-order valence-corrected chi connectivity index (χ4v) is 2.21. The molecule has 0 aliphatic rings. The standard InChI is InChI=1S/C21H23NO4/c1-4-14-26-18-10-6-16(7-11-18)8-13-21(23)22-17-9-12-19(25-5-2)20(15-17)24-3/h4,6-13,15H,1,5,14H2,2-3H3,(H,22,23)/b13-8+. The number of carbonyl (C=O) groups is 1. The summed E-state index contributed by atoms with van der Waals surface area (Å²) in [5, 5.41) is 2.80. The van der Waals surface area contributed by atoms with Gasteiger partial charge in [0.25, 0.3) is 0 Å². The van der Waals surface area contributed by atoms with Crippen LogP contribution >= 0.6 is 0 Å². The lowest BCUT2D eigenvalue weighted by molar-refractivity contribution is -0.111. The van der Waals surface area contributed by atoms with Crippen LogP contribution in [0.1, 0.15) is 12.5 Å². The van der Waals surface area contributed by atoms with Crippen LogP contribution in [0.2, 0.25) is 0 Å². The smallest absolute Gasteiger partial charge is 0.248 e.